The fourth-order valence-corrected chi connectivity index (χ4v) is 4.16. The Hall–Kier alpha value is -3.03. The molecule has 1 amide bonds. The first-order chi connectivity index (χ1) is 13.8. The Morgan fingerprint density at radius 1 is 1.10 bits per heavy atom. The van der Waals surface area contributed by atoms with Crippen molar-refractivity contribution in [1.29, 1.82) is 0 Å². The van der Waals surface area contributed by atoms with Crippen molar-refractivity contribution in [3.8, 4) is 10.4 Å². The molecule has 0 bridgehead atoms. The quantitative estimate of drug-likeness (QED) is 0.611. The van der Waals surface area contributed by atoms with Gasteiger partial charge in [0.05, 0.1) is 5.69 Å². The average Bonchev–Trinajstić information content (AvgIpc) is 3.13. The van der Waals surface area contributed by atoms with Crippen LogP contribution in [0.1, 0.15) is 33.9 Å². The van der Waals surface area contributed by atoms with E-state index in [4.69, 9.17) is 11.6 Å². The molecule has 0 radical (unpaired) electrons. The highest BCUT2D eigenvalue weighted by Gasteiger charge is 2.30. The van der Waals surface area contributed by atoms with Crippen LogP contribution in [0.5, 0.6) is 0 Å². The van der Waals surface area contributed by atoms with Gasteiger partial charge in [0, 0.05) is 32.1 Å². The van der Waals surface area contributed by atoms with Gasteiger partial charge in [0.2, 0.25) is 0 Å². The number of carbonyl (C=O) groups excluding carboxylic acids is 1. The maximum absolute atomic E-state index is 13.3. The van der Waals surface area contributed by atoms with Crippen LogP contribution in [0, 0.1) is 4.91 Å². The molecule has 0 saturated carbocycles. The molecule has 148 valence electrons. The van der Waals surface area contributed by atoms with E-state index in [9.17, 15) is 19.6 Å². The summed E-state index contributed by atoms with van der Waals surface area (Å²) in [6, 6.07) is 15.0. The van der Waals surface area contributed by atoms with Crippen LogP contribution >= 0.6 is 22.9 Å². The van der Waals surface area contributed by atoms with Crippen LogP contribution in [0.2, 0.25) is 5.02 Å². The summed E-state index contributed by atoms with van der Waals surface area (Å²) in [6.45, 7) is 3.56. The van der Waals surface area contributed by atoms with Gasteiger partial charge in [-0.15, -0.1) is 11.3 Å². The van der Waals surface area contributed by atoms with Crippen molar-refractivity contribution in [2.24, 2.45) is 0 Å². The molecule has 0 aliphatic carbocycles. The van der Waals surface area contributed by atoms with Crippen molar-refractivity contribution >= 4 is 46.2 Å². The van der Waals surface area contributed by atoms with Gasteiger partial charge in [-0.25, -0.2) is 4.79 Å². The van der Waals surface area contributed by atoms with Gasteiger partial charge in [-0.3, -0.25) is 4.79 Å². The molecule has 6 nitrogen and oxygen atoms in total. The maximum Gasteiger partial charge on any atom is 0.348 e. The lowest BCUT2D eigenvalue weighted by Gasteiger charge is -2.26. The molecule has 0 atom stereocenters. The van der Waals surface area contributed by atoms with Crippen molar-refractivity contribution in [2.75, 3.05) is 4.90 Å². The highest BCUT2D eigenvalue weighted by atomic mass is 35.5. The van der Waals surface area contributed by atoms with Crippen molar-refractivity contribution in [2.45, 2.75) is 19.9 Å². The number of thiophene rings is 1. The van der Waals surface area contributed by atoms with E-state index in [1.807, 2.05) is 30.3 Å². The van der Waals surface area contributed by atoms with E-state index in [0.29, 0.717) is 5.02 Å². The zero-order valence-electron chi connectivity index (χ0n) is 15.7. The summed E-state index contributed by atoms with van der Waals surface area (Å²) in [5.41, 5.74) is 1.29. The van der Waals surface area contributed by atoms with Gasteiger partial charge in [-0.05, 0) is 37.6 Å². The minimum atomic E-state index is -1.12. The second-order valence-corrected chi connectivity index (χ2v) is 8.05. The molecule has 0 aliphatic heterocycles. The highest BCUT2D eigenvalue weighted by Crippen LogP contribution is 2.38. The Kier molecular flexibility index (Phi) is 6.10. The Morgan fingerprint density at radius 3 is 2.38 bits per heavy atom. The zero-order chi connectivity index (χ0) is 21.1. The third kappa shape index (κ3) is 4.21. The number of carboxylic acids is 1. The lowest BCUT2D eigenvalue weighted by atomic mass is 10.1. The molecule has 0 aliphatic rings. The third-order valence-corrected chi connectivity index (χ3v) is 5.68. The second-order valence-electron chi connectivity index (χ2n) is 6.56. The monoisotopic (exact) mass is 429 g/mol. The Bertz CT molecular complexity index is 1080. The summed E-state index contributed by atoms with van der Waals surface area (Å²) in [5, 5.41) is 11.8. The van der Waals surface area contributed by atoms with Crippen LogP contribution in [-0.4, -0.2) is 23.0 Å². The molecule has 0 saturated heterocycles. The molecule has 1 aromatic heterocycles. The third-order valence-electron chi connectivity index (χ3n) is 4.28. The molecule has 1 heterocycles. The van der Waals surface area contributed by atoms with E-state index in [0.717, 1.165) is 21.8 Å². The Labute approximate surface area is 176 Å². The smallest absolute Gasteiger partial charge is 0.348 e. The van der Waals surface area contributed by atoms with Crippen molar-refractivity contribution < 1.29 is 19.9 Å². The predicted molar refractivity (Wildman–Crippen MR) is 114 cm³/mol. The van der Waals surface area contributed by atoms with Gasteiger partial charge in [0.15, 0.2) is 0 Å². The number of amides is 1. The summed E-state index contributed by atoms with van der Waals surface area (Å²) in [4.78, 5) is 38.7. The fourth-order valence-electron chi connectivity index (χ4n) is 3.00. The number of nitrogens with zero attached hydrogens (tertiary/aromatic N) is 1. The number of aromatic carboxylic acids is 1. The average molecular weight is 430 g/mol. The summed E-state index contributed by atoms with van der Waals surface area (Å²) >= 11 is 7.02. The first kappa shape index (κ1) is 20.7. The molecule has 0 unspecified atom stereocenters. The number of benzene rings is 2. The fraction of sp³-hybridized carbons (Fsp3) is 0.143. The molecule has 3 rings (SSSR count). The van der Waals surface area contributed by atoms with Gasteiger partial charge in [-0.1, -0.05) is 41.9 Å². The van der Waals surface area contributed by atoms with E-state index in [1.54, 1.807) is 25.1 Å². The van der Waals surface area contributed by atoms with E-state index in [2.05, 4.69) is 0 Å². The lowest BCUT2D eigenvalue weighted by Crippen LogP contribution is -2.57. The van der Waals surface area contributed by atoms with E-state index < -0.39 is 11.9 Å². The Morgan fingerprint density at radius 2 is 1.79 bits per heavy atom. The van der Waals surface area contributed by atoms with Gasteiger partial charge in [0.25, 0.3) is 11.6 Å². The number of hydrogen-bond acceptors (Lipinski definition) is 4. The predicted octanol–water partition coefficient (Wildman–Crippen LogP) is 4.30. The number of nitrogens with one attached hydrogen (secondary N) is 1. The van der Waals surface area contributed by atoms with Gasteiger partial charge in [0.1, 0.15) is 10.4 Å². The number of hydrogen-bond donors (Lipinski definition) is 2. The number of halogens is 1. The summed E-state index contributed by atoms with van der Waals surface area (Å²) in [6.07, 6.45) is 0. The molecule has 2 aromatic carbocycles. The molecule has 0 spiro atoms. The summed E-state index contributed by atoms with van der Waals surface area (Å²) in [7, 11) is 0. The molecular weight excluding hydrogens is 412 g/mol. The first-order valence-electron chi connectivity index (χ1n) is 8.77. The zero-order valence-corrected chi connectivity index (χ0v) is 17.3. The molecule has 0 fully saturated rings. The minimum Gasteiger partial charge on any atom is -0.477 e. The first-order valence-corrected chi connectivity index (χ1v) is 9.96. The van der Waals surface area contributed by atoms with Crippen LogP contribution in [0.15, 0.2) is 54.6 Å². The van der Waals surface area contributed by atoms with E-state index in [-0.39, 0.29) is 27.9 Å². The minimum absolute atomic E-state index is 0.0311. The van der Waals surface area contributed by atoms with E-state index in [1.165, 1.54) is 23.1 Å². The van der Waals surface area contributed by atoms with Crippen molar-refractivity contribution in [1.82, 2.24) is 0 Å². The van der Waals surface area contributed by atoms with Crippen molar-refractivity contribution in [3.05, 3.63) is 75.0 Å². The Balaban J connectivity index is 2.15. The molecule has 3 aromatic rings. The molecule has 2 N–H and O–H groups in total. The number of nitroso groups, excluding NO2 is 1. The topological polar surface area (TPSA) is 88.7 Å². The highest BCUT2D eigenvalue weighted by molar-refractivity contribution is 7.18. The van der Waals surface area contributed by atoms with Gasteiger partial charge in [-0.2, -0.15) is 0 Å². The maximum atomic E-state index is 13.3. The van der Waals surface area contributed by atoms with Crippen molar-refractivity contribution in [3.63, 3.8) is 0 Å². The second kappa shape index (κ2) is 8.55. The summed E-state index contributed by atoms with van der Waals surface area (Å²) in [5.74, 6) is -1.61. The normalized spacial score (nSPS) is 10.8. The van der Waals surface area contributed by atoms with Gasteiger partial charge >= 0.3 is 5.97 Å². The number of rotatable bonds is 6. The van der Waals surface area contributed by atoms with Crippen LogP contribution in [0.4, 0.5) is 11.4 Å². The lowest BCUT2D eigenvalue weighted by molar-refractivity contribution is -0.379. The number of carbonyl (C=O) groups is 2. The molecular formula is C21H18ClN2O4S+. The summed E-state index contributed by atoms with van der Waals surface area (Å²) < 4.78 is 0. The van der Waals surface area contributed by atoms with Crippen LogP contribution in [-0.2, 0) is 0 Å². The largest absolute Gasteiger partial charge is 0.477 e. The number of carboxylic acid groups (broad SMARTS) is 1. The van der Waals surface area contributed by atoms with Gasteiger partial charge < -0.3 is 10.0 Å². The molecule has 8 heteroatoms. The van der Waals surface area contributed by atoms with E-state index >= 15 is 0 Å². The standard InChI is InChI=1S/C21H17ClN2O4S/c1-12(2)24(20(25)15-9-8-14(22)10-16(15)23-28)17-11-18(29-19(17)21(26)27)13-6-4-3-5-7-13/h3-12H,1-2H3,(H,26,27)/p+1. The van der Waals surface area contributed by atoms with Crippen LogP contribution in [0.3, 0.4) is 0 Å². The van der Waals surface area contributed by atoms with Crippen LogP contribution in [0.25, 0.3) is 10.4 Å². The van der Waals surface area contributed by atoms with Crippen LogP contribution < -0.4 is 10.1 Å². The molecule has 29 heavy (non-hydrogen) atoms. The number of anilines is 1. The SMILES string of the molecule is CC(C)N(C(=O)c1ccc(Cl)cc1[NH+]=O)c1cc(-c2ccccc2)sc1C(=O)O.